The number of rotatable bonds is 0. The van der Waals surface area contributed by atoms with Crippen LogP contribution >= 0.6 is 0 Å². The Morgan fingerprint density at radius 3 is 3.00 bits per heavy atom. The zero-order valence-electron chi connectivity index (χ0n) is 10.7. The Morgan fingerprint density at radius 1 is 1.00 bits per heavy atom. The van der Waals surface area contributed by atoms with Crippen molar-refractivity contribution in [1.29, 1.82) is 0 Å². The van der Waals surface area contributed by atoms with Crippen LogP contribution in [0.15, 0.2) is 55.0 Å². The fraction of sp³-hybridized carbons (Fsp3) is 0.0588. The van der Waals surface area contributed by atoms with Gasteiger partial charge in [-0.05, 0) is 18.2 Å². The van der Waals surface area contributed by atoms with Crippen LogP contribution in [0.5, 0.6) is 0 Å². The summed E-state index contributed by atoms with van der Waals surface area (Å²) in [6.45, 7) is 0.863. The topological polar surface area (TPSA) is 29.0 Å². The second-order valence-electron chi connectivity index (χ2n) is 5.22. The van der Waals surface area contributed by atoms with Gasteiger partial charge < -0.3 is 4.90 Å². The fourth-order valence-electron chi connectivity index (χ4n) is 3.21. The molecule has 20 heavy (non-hydrogen) atoms. The molecule has 3 aromatic rings. The summed E-state index contributed by atoms with van der Waals surface area (Å²) in [5, 5.41) is 4.74. The summed E-state index contributed by atoms with van der Waals surface area (Å²) in [4.78, 5) is 11.6. The van der Waals surface area contributed by atoms with E-state index in [0.717, 1.165) is 17.4 Å². The highest BCUT2D eigenvalue weighted by atomic mass is 15.1. The van der Waals surface area contributed by atoms with Crippen molar-refractivity contribution in [2.45, 2.75) is 6.54 Å². The van der Waals surface area contributed by atoms with Crippen molar-refractivity contribution in [3.63, 3.8) is 0 Å². The molecule has 1 aromatic carbocycles. The number of allylic oxidation sites excluding steroid dienone is 2. The third kappa shape index (κ3) is 1.15. The van der Waals surface area contributed by atoms with Gasteiger partial charge >= 0.3 is 0 Å². The van der Waals surface area contributed by atoms with Gasteiger partial charge in [-0.15, -0.1) is 0 Å². The molecular weight excluding hydrogens is 246 g/mol. The van der Waals surface area contributed by atoms with Crippen LogP contribution in [-0.2, 0) is 6.54 Å². The third-order valence-electron chi connectivity index (χ3n) is 4.10. The second-order valence-corrected chi connectivity index (χ2v) is 5.22. The van der Waals surface area contributed by atoms with Gasteiger partial charge in [-0.3, -0.25) is 9.97 Å². The van der Waals surface area contributed by atoms with E-state index >= 15 is 0 Å². The SMILES string of the molecule is C1=CC2=c3ncc4cccc5ncc(c3c45)CN2C=C1. The molecule has 3 heteroatoms. The first kappa shape index (κ1) is 10.1. The predicted octanol–water partition coefficient (Wildman–Crippen LogP) is 2.51. The Morgan fingerprint density at radius 2 is 2.00 bits per heavy atom. The van der Waals surface area contributed by atoms with E-state index in [9.17, 15) is 0 Å². The smallest absolute Gasteiger partial charge is 0.0950 e. The third-order valence-corrected chi connectivity index (χ3v) is 4.10. The summed E-state index contributed by atoms with van der Waals surface area (Å²) in [6, 6.07) is 6.22. The summed E-state index contributed by atoms with van der Waals surface area (Å²) in [7, 11) is 0. The van der Waals surface area contributed by atoms with Crippen LogP contribution in [0, 0.1) is 0 Å². The molecule has 0 fully saturated rings. The van der Waals surface area contributed by atoms with Crippen molar-refractivity contribution in [2.24, 2.45) is 0 Å². The van der Waals surface area contributed by atoms with Crippen molar-refractivity contribution in [2.75, 3.05) is 0 Å². The first-order chi connectivity index (χ1) is 9.92. The Balaban J connectivity index is 2.11. The molecule has 0 saturated heterocycles. The van der Waals surface area contributed by atoms with Gasteiger partial charge in [-0.1, -0.05) is 18.2 Å². The monoisotopic (exact) mass is 257 g/mol. The van der Waals surface area contributed by atoms with Crippen LogP contribution in [0.25, 0.3) is 27.4 Å². The standard InChI is InChI=1S/C17H11N3/c1-2-7-20-10-12-9-18-13-5-3-4-11-8-19-17(14(20)6-1)16(12)15(11)13/h1-9H,10H2. The lowest BCUT2D eigenvalue weighted by molar-refractivity contribution is 0.517. The van der Waals surface area contributed by atoms with Crippen LogP contribution in [0.2, 0.25) is 0 Å². The number of aromatic nitrogens is 2. The van der Waals surface area contributed by atoms with Gasteiger partial charge in [-0.2, -0.15) is 0 Å². The van der Waals surface area contributed by atoms with E-state index in [-0.39, 0.29) is 0 Å². The average molecular weight is 257 g/mol. The molecule has 0 aliphatic carbocycles. The summed E-state index contributed by atoms with van der Waals surface area (Å²) < 4.78 is 0. The molecule has 2 aromatic heterocycles. The van der Waals surface area contributed by atoms with Gasteiger partial charge in [-0.25, -0.2) is 0 Å². The summed E-state index contributed by atoms with van der Waals surface area (Å²) >= 11 is 0. The van der Waals surface area contributed by atoms with Gasteiger partial charge in [0.1, 0.15) is 0 Å². The number of hydrogen-bond acceptors (Lipinski definition) is 3. The van der Waals surface area contributed by atoms with Gasteiger partial charge in [0.2, 0.25) is 0 Å². The normalized spacial score (nSPS) is 16.2. The lowest BCUT2D eigenvalue weighted by atomic mass is 9.98. The number of benzene rings is 1. The van der Waals surface area contributed by atoms with E-state index in [1.807, 2.05) is 18.5 Å². The largest absolute Gasteiger partial charge is 0.342 e. The van der Waals surface area contributed by atoms with Crippen LogP contribution in [0.4, 0.5) is 0 Å². The van der Waals surface area contributed by atoms with Gasteiger partial charge in [0.15, 0.2) is 0 Å². The minimum absolute atomic E-state index is 0.863. The Labute approximate surface area is 115 Å². The summed E-state index contributed by atoms with van der Waals surface area (Å²) in [5.41, 5.74) is 3.48. The number of hydrogen-bond donors (Lipinski definition) is 0. The number of nitrogens with zero attached hydrogens (tertiary/aromatic N) is 3. The zero-order chi connectivity index (χ0) is 13.1. The van der Waals surface area contributed by atoms with E-state index in [2.05, 4.69) is 46.4 Å². The fourth-order valence-corrected chi connectivity index (χ4v) is 3.21. The molecule has 2 aliphatic rings. The van der Waals surface area contributed by atoms with E-state index < -0.39 is 0 Å². The van der Waals surface area contributed by atoms with Gasteiger partial charge in [0.25, 0.3) is 0 Å². The molecule has 0 N–H and O–H groups in total. The maximum atomic E-state index is 4.71. The van der Waals surface area contributed by atoms with E-state index in [0.29, 0.717) is 0 Å². The first-order valence-corrected chi connectivity index (χ1v) is 6.73. The van der Waals surface area contributed by atoms with Gasteiger partial charge in [0.05, 0.1) is 16.6 Å². The maximum absolute atomic E-state index is 4.71. The summed E-state index contributed by atoms with van der Waals surface area (Å²) in [6.07, 6.45) is 12.3. The zero-order valence-corrected chi connectivity index (χ0v) is 10.7. The van der Waals surface area contributed by atoms with Crippen molar-refractivity contribution >= 4 is 27.4 Å². The molecule has 4 heterocycles. The van der Waals surface area contributed by atoms with Crippen LogP contribution in [0.3, 0.4) is 0 Å². The summed E-state index contributed by atoms with van der Waals surface area (Å²) in [5.74, 6) is 0. The van der Waals surface area contributed by atoms with Crippen LogP contribution in [0.1, 0.15) is 5.56 Å². The predicted molar refractivity (Wildman–Crippen MR) is 79.5 cm³/mol. The maximum Gasteiger partial charge on any atom is 0.0950 e. The van der Waals surface area contributed by atoms with Crippen molar-refractivity contribution in [1.82, 2.24) is 14.9 Å². The van der Waals surface area contributed by atoms with Gasteiger partial charge in [0, 0.05) is 46.9 Å². The molecule has 0 bridgehead atoms. The van der Waals surface area contributed by atoms with Crippen LogP contribution in [-0.4, -0.2) is 14.9 Å². The minimum atomic E-state index is 0.863. The minimum Gasteiger partial charge on any atom is -0.342 e. The molecule has 5 rings (SSSR count). The van der Waals surface area contributed by atoms with E-state index in [4.69, 9.17) is 4.98 Å². The molecule has 0 amide bonds. The van der Waals surface area contributed by atoms with Crippen molar-refractivity contribution < 1.29 is 0 Å². The highest BCUT2D eigenvalue weighted by Crippen LogP contribution is 2.30. The van der Waals surface area contributed by atoms with Crippen molar-refractivity contribution in [3.8, 4) is 0 Å². The molecule has 2 aliphatic heterocycles. The van der Waals surface area contributed by atoms with E-state index in [1.165, 1.54) is 27.4 Å². The second kappa shape index (κ2) is 3.45. The Kier molecular flexibility index (Phi) is 1.75. The quantitative estimate of drug-likeness (QED) is 0.619. The molecule has 94 valence electrons. The lowest BCUT2D eigenvalue weighted by Gasteiger charge is -2.28. The molecule has 3 nitrogen and oxygen atoms in total. The van der Waals surface area contributed by atoms with E-state index in [1.54, 1.807) is 0 Å². The molecule has 0 atom stereocenters. The molecular formula is C17H11N3. The molecule has 0 radical (unpaired) electrons. The molecule has 0 spiro atoms. The molecule has 0 unspecified atom stereocenters. The van der Waals surface area contributed by atoms with Crippen molar-refractivity contribution in [3.05, 3.63) is 65.9 Å². The lowest BCUT2D eigenvalue weighted by Crippen LogP contribution is -2.30. The first-order valence-electron chi connectivity index (χ1n) is 6.73. The Bertz CT molecular complexity index is 967. The number of fused-ring (bicyclic) bond motifs is 1. The highest BCUT2D eigenvalue weighted by Gasteiger charge is 2.20. The average Bonchev–Trinajstić information content (AvgIpc) is 2.52. The highest BCUT2D eigenvalue weighted by molar-refractivity contribution is 6.09. The molecule has 0 saturated carbocycles. The Hall–Kier alpha value is -2.68. The van der Waals surface area contributed by atoms with Crippen LogP contribution < -0.4 is 5.35 Å². The number of pyridine rings is 2.